The van der Waals surface area contributed by atoms with Gasteiger partial charge in [0.15, 0.2) is 0 Å². The van der Waals surface area contributed by atoms with Crippen LogP contribution in [0.1, 0.15) is 66.2 Å². The molecule has 0 aromatic heterocycles. The average Bonchev–Trinajstić information content (AvgIpc) is 2.24. The van der Waals surface area contributed by atoms with Crippen LogP contribution < -0.4 is 5.32 Å². The normalized spacial score (nSPS) is 22.4. The van der Waals surface area contributed by atoms with E-state index in [0.717, 1.165) is 12.5 Å². The highest BCUT2D eigenvalue weighted by atomic mass is 14.9. The average molecular weight is 237 g/mol. The lowest BCUT2D eigenvalue weighted by Gasteiger charge is -2.38. The molecule has 0 radical (unpaired) electrons. The smallest absolute Gasteiger partial charge is 0.00982 e. The molecular formula is C16H31N. The van der Waals surface area contributed by atoms with Crippen LogP contribution in [-0.4, -0.2) is 12.6 Å². The van der Waals surface area contributed by atoms with Gasteiger partial charge in [-0.2, -0.15) is 0 Å². The van der Waals surface area contributed by atoms with Crippen LogP contribution in [0.2, 0.25) is 0 Å². The minimum Gasteiger partial charge on any atom is -0.314 e. The molecule has 1 heteroatoms. The van der Waals surface area contributed by atoms with Gasteiger partial charge in [0, 0.05) is 6.04 Å². The molecule has 1 nitrogen and oxygen atoms in total. The Morgan fingerprint density at radius 3 is 2.41 bits per heavy atom. The quantitative estimate of drug-likeness (QED) is 0.669. The summed E-state index contributed by atoms with van der Waals surface area (Å²) in [4.78, 5) is 0. The molecular weight excluding hydrogens is 206 g/mol. The number of hydrogen-bond donors (Lipinski definition) is 1. The highest BCUT2D eigenvalue weighted by Crippen LogP contribution is 2.39. The summed E-state index contributed by atoms with van der Waals surface area (Å²) in [6.07, 6.45) is 8.05. The summed E-state index contributed by atoms with van der Waals surface area (Å²) in [6, 6.07) is 0.716. The van der Waals surface area contributed by atoms with Gasteiger partial charge in [0.2, 0.25) is 0 Å². The van der Waals surface area contributed by atoms with Crippen molar-refractivity contribution in [1.82, 2.24) is 5.32 Å². The standard InChI is InChI=1S/C16H31N/c1-6-17-15(8-7-13(2)3)14-9-11-16(4,5)12-10-14/h14-15,17H,2,6-12H2,1,3-5H3. The van der Waals surface area contributed by atoms with Crippen molar-refractivity contribution in [3.05, 3.63) is 12.2 Å². The Morgan fingerprint density at radius 2 is 1.94 bits per heavy atom. The SMILES string of the molecule is C=C(C)CCC(NCC)C1CCC(C)(C)CC1. The molecule has 1 rings (SSSR count). The second-order valence-electron chi connectivity index (χ2n) is 6.66. The minimum absolute atomic E-state index is 0.585. The van der Waals surface area contributed by atoms with E-state index >= 15 is 0 Å². The molecule has 0 spiro atoms. The summed E-state index contributed by atoms with van der Waals surface area (Å²) in [6.45, 7) is 14.3. The first kappa shape index (κ1) is 14.8. The van der Waals surface area contributed by atoms with Crippen molar-refractivity contribution >= 4 is 0 Å². The highest BCUT2D eigenvalue weighted by molar-refractivity contribution is 4.92. The van der Waals surface area contributed by atoms with Crippen LogP contribution in [0, 0.1) is 11.3 Å². The first-order valence-electron chi connectivity index (χ1n) is 7.32. The van der Waals surface area contributed by atoms with Crippen molar-refractivity contribution in [2.75, 3.05) is 6.54 Å². The lowest BCUT2D eigenvalue weighted by Crippen LogP contribution is -2.39. The third kappa shape index (κ3) is 5.25. The number of allylic oxidation sites excluding steroid dienone is 1. The zero-order chi connectivity index (χ0) is 12.9. The van der Waals surface area contributed by atoms with Crippen LogP contribution in [0.4, 0.5) is 0 Å². The maximum absolute atomic E-state index is 4.03. The Bertz CT molecular complexity index is 232. The van der Waals surface area contributed by atoms with Gasteiger partial charge in [-0.3, -0.25) is 0 Å². The summed E-state index contributed by atoms with van der Waals surface area (Å²) >= 11 is 0. The predicted octanol–water partition coefficient (Wildman–Crippen LogP) is 4.54. The maximum atomic E-state index is 4.03. The zero-order valence-corrected chi connectivity index (χ0v) is 12.3. The summed E-state index contributed by atoms with van der Waals surface area (Å²) in [5.41, 5.74) is 1.91. The molecule has 1 N–H and O–H groups in total. The number of hydrogen-bond acceptors (Lipinski definition) is 1. The topological polar surface area (TPSA) is 12.0 Å². The van der Waals surface area contributed by atoms with Crippen molar-refractivity contribution in [2.24, 2.45) is 11.3 Å². The highest BCUT2D eigenvalue weighted by Gasteiger charge is 2.30. The molecule has 0 aromatic carbocycles. The predicted molar refractivity (Wildman–Crippen MR) is 77.3 cm³/mol. The molecule has 0 bridgehead atoms. The van der Waals surface area contributed by atoms with Crippen molar-refractivity contribution < 1.29 is 0 Å². The molecule has 1 atom stereocenters. The minimum atomic E-state index is 0.585. The van der Waals surface area contributed by atoms with Crippen molar-refractivity contribution in [1.29, 1.82) is 0 Å². The molecule has 0 aliphatic heterocycles. The van der Waals surface area contributed by atoms with Gasteiger partial charge in [0.05, 0.1) is 0 Å². The summed E-state index contributed by atoms with van der Waals surface area (Å²) in [5, 5.41) is 3.69. The maximum Gasteiger partial charge on any atom is 0.00982 e. The van der Waals surface area contributed by atoms with Gasteiger partial charge in [0.25, 0.3) is 0 Å². The number of rotatable bonds is 6. The lowest BCUT2D eigenvalue weighted by atomic mass is 9.70. The Kier molecular flexibility index (Phi) is 5.72. The molecule has 1 fully saturated rings. The van der Waals surface area contributed by atoms with Gasteiger partial charge in [0.1, 0.15) is 0 Å². The van der Waals surface area contributed by atoms with Crippen LogP contribution in [-0.2, 0) is 0 Å². The van der Waals surface area contributed by atoms with Crippen LogP contribution in [0.3, 0.4) is 0 Å². The lowest BCUT2D eigenvalue weighted by molar-refractivity contribution is 0.158. The molecule has 1 saturated carbocycles. The Labute approximate surface area is 108 Å². The second-order valence-corrected chi connectivity index (χ2v) is 6.66. The molecule has 0 saturated heterocycles. The van der Waals surface area contributed by atoms with Gasteiger partial charge in [-0.15, -0.1) is 6.58 Å². The van der Waals surface area contributed by atoms with Crippen molar-refractivity contribution in [2.45, 2.75) is 72.3 Å². The largest absolute Gasteiger partial charge is 0.314 e. The van der Waals surface area contributed by atoms with Crippen LogP contribution in [0.5, 0.6) is 0 Å². The van der Waals surface area contributed by atoms with Crippen LogP contribution >= 0.6 is 0 Å². The number of nitrogens with one attached hydrogen (secondary N) is 1. The Balaban J connectivity index is 2.44. The van der Waals surface area contributed by atoms with E-state index in [1.54, 1.807) is 0 Å². The van der Waals surface area contributed by atoms with Gasteiger partial charge in [-0.1, -0.05) is 26.3 Å². The fourth-order valence-electron chi connectivity index (χ4n) is 2.99. The summed E-state index contributed by atoms with van der Waals surface area (Å²) in [7, 11) is 0. The molecule has 17 heavy (non-hydrogen) atoms. The first-order chi connectivity index (χ1) is 7.94. The molecule has 0 amide bonds. The monoisotopic (exact) mass is 237 g/mol. The van der Waals surface area contributed by atoms with Gasteiger partial charge in [-0.25, -0.2) is 0 Å². The third-order valence-electron chi connectivity index (χ3n) is 4.30. The molecule has 1 aliphatic carbocycles. The van der Waals surface area contributed by atoms with Crippen LogP contribution in [0.25, 0.3) is 0 Å². The van der Waals surface area contributed by atoms with Crippen LogP contribution in [0.15, 0.2) is 12.2 Å². The zero-order valence-electron chi connectivity index (χ0n) is 12.3. The first-order valence-corrected chi connectivity index (χ1v) is 7.32. The summed E-state index contributed by atoms with van der Waals surface area (Å²) < 4.78 is 0. The second kappa shape index (κ2) is 6.58. The molecule has 1 unspecified atom stereocenters. The fourth-order valence-corrected chi connectivity index (χ4v) is 2.99. The van der Waals surface area contributed by atoms with Gasteiger partial charge in [-0.05, 0) is 63.3 Å². The summed E-state index contributed by atoms with van der Waals surface area (Å²) in [5.74, 6) is 0.891. The van der Waals surface area contributed by atoms with E-state index in [0.29, 0.717) is 11.5 Å². The van der Waals surface area contributed by atoms with E-state index < -0.39 is 0 Å². The van der Waals surface area contributed by atoms with E-state index in [1.165, 1.54) is 44.1 Å². The van der Waals surface area contributed by atoms with Crippen molar-refractivity contribution in [3.8, 4) is 0 Å². The van der Waals surface area contributed by atoms with Gasteiger partial charge >= 0.3 is 0 Å². The Hall–Kier alpha value is -0.300. The fraction of sp³-hybridized carbons (Fsp3) is 0.875. The Morgan fingerprint density at radius 1 is 1.35 bits per heavy atom. The van der Waals surface area contributed by atoms with E-state index in [-0.39, 0.29) is 0 Å². The molecule has 0 aromatic rings. The van der Waals surface area contributed by atoms with Gasteiger partial charge < -0.3 is 5.32 Å². The molecule has 100 valence electrons. The molecule has 0 heterocycles. The van der Waals surface area contributed by atoms with E-state index in [1.807, 2.05) is 0 Å². The van der Waals surface area contributed by atoms with E-state index in [9.17, 15) is 0 Å². The molecule has 1 aliphatic rings. The van der Waals surface area contributed by atoms with E-state index in [4.69, 9.17) is 0 Å². The third-order valence-corrected chi connectivity index (χ3v) is 4.30. The van der Waals surface area contributed by atoms with Crippen molar-refractivity contribution in [3.63, 3.8) is 0 Å². The van der Waals surface area contributed by atoms with E-state index in [2.05, 4.69) is 39.6 Å².